The van der Waals surface area contributed by atoms with Crippen molar-refractivity contribution in [1.82, 2.24) is 0 Å². The van der Waals surface area contributed by atoms with Crippen LogP contribution in [0.4, 0.5) is 0 Å². The van der Waals surface area contributed by atoms with Gasteiger partial charge in [-0.2, -0.15) is 0 Å². The van der Waals surface area contributed by atoms with E-state index in [0.717, 1.165) is 6.42 Å². The van der Waals surface area contributed by atoms with Gasteiger partial charge in [-0.3, -0.25) is 0 Å². The molecule has 0 atom stereocenters. The first kappa shape index (κ1) is 42.9. The van der Waals surface area contributed by atoms with E-state index >= 15 is 0 Å². The summed E-state index contributed by atoms with van der Waals surface area (Å²) < 4.78 is 0. The first-order valence-electron chi connectivity index (χ1n) is 20.9. The van der Waals surface area contributed by atoms with Crippen molar-refractivity contribution in [1.29, 1.82) is 0 Å². The van der Waals surface area contributed by atoms with Gasteiger partial charge in [0.15, 0.2) is 0 Å². The smallest absolute Gasteiger partial charge is 0.0426 e. The Kier molecular flexibility index (Phi) is 27.0. The predicted octanol–water partition coefficient (Wildman–Crippen LogP) is 15.6. The van der Waals surface area contributed by atoms with E-state index in [0.29, 0.717) is 0 Å². The van der Waals surface area contributed by atoms with E-state index in [4.69, 9.17) is 0 Å². The second kappa shape index (κ2) is 29.5. The molecule has 1 aromatic carbocycles. The maximum Gasteiger partial charge on any atom is 0.0426 e. The summed E-state index contributed by atoms with van der Waals surface area (Å²) in [5, 5.41) is 6.50. The third-order valence-electron chi connectivity index (χ3n) is 10.2. The second-order valence-corrected chi connectivity index (χ2v) is 20.2. The summed E-state index contributed by atoms with van der Waals surface area (Å²) in [4.78, 5) is 1.67. The molecule has 0 saturated heterocycles. The lowest BCUT2D eigenvalue weighted by molar-refractivity contribution is 0.622. The molecule has 3 heteroatoms. The van der Waals surface area contributed by atoms with Crippen LogP contribution in [0.5, 0.6) is 0 Å². The van der Waals surface area contributed by atoms with Crippen LogP contribution in [0.15, 0.2) is 29.6 Å². The topological polar surface area (TPSA) is 0 Å². The normalized spacial score (nSPS) is 11.8. The molecule has 1 aromatic heterocycles. The molecule has 0 aliphatic rings. The highest BCUT2D eigenvalue weighted by molar-refractivity contribution is 7.73. The molecule has 0 saturated carbocycles. The summed E-state index contributed by atoms with van der Waals surface area (Å²) in [5.74, 6) is 0. The van der Waals surface area contributed by atoms with Crippen molar-refractivity contribution in [3.8, 4) is 10.4 Å². The minimum Gasteiger partial charge on any atom is -0.142 e. The Morgan fingerprint density at radius 1 is 0.426 bits per heavy atom. The Balaban J connectivity index is 2.38. The van der Waals surface area contributed by atoms with Crippen molar-refractivity contribution >= 4 is 37.8 Å². The minimum atomic E-state index is -0.103. The van der Waals surface area contributed by atoms with Gasteiger partial charge in [0, 0.05) is 10.2 Å². The van der Waals surface area contributed by atoms with Crippen molar-refractivity contribution in [3.63, 3.8) is 0 Å². The van der Waals surface area contributed by atoms with Gasteiger partial charge in [0.2, 0.25) is 0 Å². The lowest BCUT2D eigenvalue weighted by Gasteiger charge is -2.26. The lowest BCUT2D eigenvalue weighted by Crippen LogP contribution is -2.24. The number of rotatable bonds is 32. The highest BCUT2D eigenvalue weighted by atomic mass is 32.1. The molecule has 0 radical (unpaired) electrons. The zero-order valence-corrected chi connectivity index (χ0v) is 34.8. The standard InChI is InChI=1S/C44H78P2S/c1-6-11-15-19-23-27-35-45(36-28-24-20-16-12-7-2)42-39-47-44(41-33-31-40(10-5)32-34-41)43(42)46(37-29-25-21-17-13-8-3)38-30-26-22-18-14-9-4/h31-34,39H,6-30,35-38H2,1-5H3. The summed E-state index contributed by atoms with van der Waals surface area (Å²) in [6.07, 6.45) is 41.2. The van der Waals surface area contributed by atoms with Gasteiger partial charge >= 0.3 is 0 Å². The summed E-state index contributed by atoms with van der Waals surface area (Å²) in [6.45, 7) is 11.7. The van der Waals surface area contributed by atoms with Crippen LogP contribution < -0.4 is 10.6 Å². The highest BCUT2D eigenvalue weighted by Crippen LogP contribution is 2.48. The summed E-state index contributed by atoms with van der Waals surface area (Å²) in [7, 11) is -0.167. The summed E-state index contributed by atoms with van der Waals surface area (Å²) >= 11 is 2.13. The van der Waals surface area contributed by atoms with E-state index in [9.17, 15) is 0 Å². The molecule has 270 valence electrons. The fourth-order valence-corrected chi connectivity index (χ4v) is 15.2. The predicted molar refractivity (Wildman–Crippen MR) is 225 cm³/mol. The van der Waals surface area contributed by atoms with Gasteiger partial charge in [-0.25, -0.2) is 0 Å². The molecule has 0 N–H and O–H groups in total. The van der Waals surface area contributed by atoms with Crippen molar-refractivity contribution in [2.24, 2.45) is 0 Å². The van der Waals surface area contributed by atoms with Crippen molar-refractivity contribution in [2.75, 3.05) is 24.6 Å². The fourth-order valence-electron chi connectivity index (χ4n) is 6.99. The number of benzene rings is 1. The molecule has 0 nitrogen and oxygen atoms in total. The van der Waals surface area contributed by atoms with Gasteiger partial charge in [-0.05, 0) is 78.6 Å². The molecule has 2 aromatic rings. The number of thiophene rings is 1. The van der Waals surface area contributed by atoms with E-state index in [1.165, 1.54) is 190 Å². The SMILES string of the molecule is CCCCCCCCP(CCCCCCCC)c1csc(-c2ccc(CC)cc2)c1P(CCCCCCCC)CCCCCCCC. The van der Waals surface area contributed by atoms with Gasteiger partial charge in [0.1, 0.15) is 0 Å². The van der Waals surface area contributed by atoms with Crippen LogP contribution in [0.1, 0.15) is 194 Å². The van der Waals surface area contributed by atoms with Crippen LogP contribution in [0, 0.1) is 0 Å². The Labute approximate surface area is 302 Å². The molecule has 47 heavy (non-hydrogen) atoms. The Morgan fingerprint density at radius 2 is 0.787 bits per heavy atom. The molecule has 0 aliphatic carbocycles. The number of hydrogen-bond donors (Lipinski definition) is 0. The molecule has 1 heterocycles. The van der Waals surface area contributed by atoms with E-state index < -0.39 is 0 Å². The third kappa shape index (κ3) is 18.5. The molecule has 0 aliphatic heterocycles. The number of aryl methyl sites for hydroxylation is 1. The molecule has 0 bridgehead atoms. The summed E-state index contributed by atoms with van der Waals surface area (Å²) in [5.41, 5.74) is 2.99. The Bertz CT molecular complexity index is 932. The van der Waals surface area contributed by atoms with Gasteiger partial charge < -0.3 is 0 Å². The molecule has 0 fully saturated rings. The number of unbranched alkanes of at least 4 members (excludes halogenated alkanes) is 20. The zero-order chi connectivity index (χ0) is 33.8. The second-order valence-electron chi connectivity index (χ2n) is 14.4. The molecule has 0 amide bonds. The Morgan fingerprint density at radius 3 is 1.17 bits per heavy atom. The quantitative estimate of drug-likeness (QED) is 0.0526. The van der Waals surface area contributed by atoms with Crippen LogP contribution in [-0.4, -0.2) is 24.6 Å². The molecular formula is C44H78P2S. The van der Waals surface area contributed by atoms with Crippen LogP contribution in [0.25, 0.3) is 10.4 Å². The van der Waals surface area contributed by atoms with Crippen LogP contribution in [-0.2, 0) is 6.42 Å². The lowest BCUT2D eigenvalue weighted by atomic mass is 10.1. The largest absolute Gasteiger partial charge is 0.142 e. The first-order valence-corrected chi connectivity index (χ1v) is 25.2. The van der Waals surface area contributed by atoms with E-state index in [1.807, 2.05) is 10.6 Å². The maximum atomic E-state index is 2.72. The third-order valence-corrected chi connectivity index (χ3v) is 17.2. The monoisotopic (exact) mass is 701 g/mol. The van der Waals surface area contributed by atoms with Crippen LogP contribution in [0.3, 0.4) is 0 Å². The van der Waals surface area contributed by atoms with Gasteiger partial charge in [-0.15, -0.1) is 11.3 Å². The maximum absolute atomic E-state index is 2.72. The van der Waals surface area contributed by atoms with Gasteiger partial charge in [0.05, 0.1) is 0 Å². The van der Waals surface area contributed by atoms with Crippen molar-refractivity contribution in [2.45, 2.75) is 195 Å². The molecule has 0 spiro atoms. The van der Waals surface area contributed by atoms with Crippen LogP contribution in [0.2, 0.25) is 0 Å². The van der Waals surface area contributed by atoms with E-state index in [2.05, 4.69) is 75.6 Å². The highest BCUT2D eigenvalue weighted by Gasteiger charge is 2.26. The fraction of sp³-hybridized carbons (Fsp3) is 0.773. The first-order chi connectivity index (χ1) is 23.2. The molecule has 0 unspecified atom stereocenters. The van der Waals surface area contributed by atoms with Gasteiger partial charge in [0.25, 0.3) is 0 Å². The average molecular weight is 701 g/mol. The van der Waals surface area contributed by atoms with Crippen LogP contribution >= 0.6 is 27.2 Å². The van der Waals surface area contributed by atoms with E-state index in [1.54, 1.807) is 4.88 Å². The van der Waals surface area contributed by atoms with E-state index in [-0.39, 0.29) is 15.8 Å². The number of hydrogen-bond acceptors (Lipinski definition) is 1. The Hall–Kier alpha value is -0.220. The molecule has 2 rings (SSSR count). The van der Waals surface area contributed by atoms with Gasteiger partial charge in [-0.1, -0.05) is 203 Å². The molecular weight excluding hydrogens is 622 g/mol. The zero-order valence-electron chi connectivity index (χ0n) is 32.2. The average Bonchev–Trinajstić information content (AvgIpc) is 3.53. The summed E-state index contributed by atoms with van der Waals surface area (Å²) in [6, 6.07) is 9.78. The minimum absolute atomic E-state index is 0.0635. The van der Waals surface area contributed by atoms with Crippen molar-refractivity contribution < 1.29 is 0 Å². The van der Waals surface area contributed by atoms with Crippen molar-refractivity contribution in [3.05, 3.63) is 35.2 Å².